The van der Waals surface area contributed by atoms with E-state index in [1.807, 2.05) is 6.20 Å². The van der Waals surface area contributed by atoms with E-state index in [0.717, 1.165) is 6.54 Å². The lowest BCUT2D eigenvalue weighted by molar-refractivity contribution is 0.309. The van der Waals surface area contributed by atoms with E-state index in [9.17, 15) is 0 Å². The molecule has 3 heteroatoms. The van der Waals surface area contributed by atoms with Crippen LogP contribution in [0.1, 0.15) is 51.6 Å². The van der Waals surface area contributed by atoms with Crippen LogP contribution in [0.2, 0.25) is 0 Å². The van der Waals surface area contributed by atoms with Gasteiger partial charge < -0.3 is 10.3 Å². The van der Waals surface area contributed by atoms with Gasteiger partial charge in [-0.15, -0.1) is 0 Å². The van der Waals surface area contributed by atoms with Crippen LogP contribution >= 0.6 is 0 Å². The molecule has 0 saturated heterocycles. The van der Waals surface area contributed by atoms with E-state index in [0.29, 0.717) is 11.5 Å². The molecule has 2 rings (SSSR count). The Balaban J connectivity index is 1.78. The van der Waals surface area contributed by atoms with Crippen LogP contribution in [-0.4, -0.2) is 16.0 Å². The van der Waals surface area contributed by atoms with Gasteiger partial charge in [-0.1, -0.05) is 20.3 Å². The van der Waals surface area contributed by atoms with E-state index in [1.165, 1.54) is 37.8 Å². The molecular formula is C13H23N3. The van der Waals surface area contributed by atoms with Crippen molar-refractivity contribution in [3.8, 4) is 0 Å². The Morgan fingerprint density at radius 2 is 2.31 bits per heavy atom. The van der Waals surface area contributed by atoms with Crippen molar-refractivity contribution in [1.29, 1.82) is 0 Å². The predicted molar refractivity (Wildman–Crippen MR) is 66.1 cm³/mol. The van der Waals surface area contributed by atoms with Gasteiger partial charge in [0.1, 0.15) is 0 Å². The second-order valence-corrected chi connectivity index (χ2v) is 5.75. The minimum Gasteiger partial charge on any atom is -0.347 e. The van der Waals surface area contributed by atoms with Gasteiger partial charge in [-0.2, -0.15) is 0 Å². The first-order valence-electron chi connectivity index (χ1n) is 6.36. The number of rotatable bonds is 3. The van der Waals surface area contributed by atoms with Gasteiger partial charge in [0, 0.05) is 24.5 Å². The fourth-order valence-corrected chi connectivity index (χ4v) is 2.50. The average molecular weight is 221 g/mol. The molecule has 1 aliphatic rings. The van der Waals surface area contributed by atoms with Crippen molar-refractivity contribution in [2.75, 3.05) is 0 Å². The molecular weight excluding hydrogens is 198 g/mol. The summed E-state index contributed by atoms with van der Waals surface area (Å²) in [7, 11) is 0. The summed E-state index contributed by atoms with van der Waals surface area (Å²) >= 11 is 0. The highest BCUT2D eigenvalue weighted by atomic mass is 15.0. The number of nitrogens with one attached hydrogen (secondary N) is 2. The summed E-state index contributed by atoms with van der Waals surface area (Å²) in [5, 5.41) is 3.63. The number of hydrogen-bond acceptors (Lipinski definition) is 2. The summed E-state index contributed by atoms with van der Waals surface area (Å²) in [6.07, 6.45) is 10.3. The Kier molecular flexibility index (Phi) is 3.64. The zero-order valence-corrected chi connectivity index (χ0v) is 10.4. The zero-order chi connectivity index (χ0) is 11.4. The molecule has 0 radical (unpaired) electrons. The first-order chi connectivity index (χ1) is 7.66. The quantitative estimate of drug-likeness (QED) is 0.771. The fourth-order valence-electron chi connectivity index (χ4n) is 2.50. The van der Waals surface area contributed by atoms with Crippen molar-refractivity contribution in [2.45, 2.75) is 58.5 Å². The van der Waals surface area contributed by atoms with E-state index >= 15 is 0 Å². The topological polar surface area (TPSA) is 40.7 Å². The maximum absolute atomic E-state index is 4.03. The maximum Gasteiger partial charge on any atom is 0.0922 e. The lowest BCUT2D eigenvalue weighted by Gasteiger charge is -2.22. The molecule has 0 amide bonds. The van der Waals surface area contributed by atoms with Gasteiger partial charge in [-0.25, -0.2) is 4.98 Å². The largest absolute Gasteiger partial charge is 0.347 e. The van der Waals surface area contributed by atoms with Gasteiger partial charge in [-0.3, -0.25) is 0 Å². The lowest BCUT2D eigenvalue weighted by atomic mass is 9.85. The number of H-pyrrole nitrogens is 1. The molecule has 2 N–H and O–H groups in total. The summed E-state index contributed by atoms with van der Waals surface area (Å²) in [6.45, 7) is 5.71. The number of nitrogens with zero attached hydrogens (tertiary/aromatic N) is 1. The van der Waals surface area contributed by atoms with Crippen LogP contribution in [0, 0.1) is 5.41 Å². The van der Waals surface area contributed by atoms with Gasteiger partial charge in [0.05, 0.1) is 6.33 Å². The number of hydrogen-bond donors (Lipinski definition) is 2. The summed E-state index contributed by atoms with van der Waals surface area (Å²) in [5.41, 5.74) is 1.73. The van der Waals surface area contributed by atoms with Crippen LogP contribution in [0.25, 0.3) is 0 Å². The Labute approximate surface area is 98.1 Å². The summed E-state index contributed by atoms with van der Waals surface area (Å²) in [6, 6.07) is 0.685. The van der Waals surface area contributed by atoms with Gasteiger partial charge in [0.25, 0.3) is 0 Å². The van der Waals surface area contributed by atoms with Crippen molar-refractivity contribution in [1.82, 2.24) is 15.3 Å². The molecule has 1 aliphatic carbocycles. The van der Waals surface area contributed by atoms with Crippen LogP contribution in [-0.2, 0) is 6.54 Å². The molecule has 1 aromatic heterocycles. The van der Waals surface area contributed by atoms with Crippen molar-refractivity contribution in [3.63, 3.8) is 0 Å². The first-order valence-corrected chi connectivity index (χ1v) is 6.36. The van der Waals surface area contributed by atoms with Crippen molar-refractivity contribution in [2.24, 2.45) is 5.41 Å². The average Bonchev–Trinajstić information content (AvgIpc) is 2.68. The summed E-state index contributed by atoms with van der Waals surface area (Å²) < 4.78 is 0. The second-order valence-electron chi connectivity index (χ2n) is 5.75. The minimum atomic E-state index is 0.546. The van der Waals surface area contributed by atoms with Crippen molar-refractivity contribution >= 4 is 0 Å². The van der Waals surface area contributed by atoms with Crippen LogP contribution in [0.15, 0.2) is 12.5 Å². The number of aromatic amines is 1. The molecule has 90 valence electrons. The third kappa shape index (κ3) is 3.34. The highest BCUT2D eigenvalue weighted by Crippen LogP contribution is 2.33. The molecule has 3 nitrogen and oxygen atoms in total. The highest BCUT2D eigenvalue weighted by Gasteiger charge is 2.23. The van der Waals surface area contributed by atoms with Crippen LogP contribution in [0.5, 0.6) is 0 Å². The summed E-state index contributed by atoms with van der Waals surface area (Å²) in [5.74, 6) is 0. The van der Waals surface area contributed by atoms with Crippen LogP contribution < -0.4 is 5.32 Å². The third-order valence-electron chi connectivity index (χ3n) is 3.71. The van der Waals surface area contributed by atoms with E-state index in [1.54, 1.807) is 6.33 Å². The van der Waals surface area contributed by atoms with Gasteiger partial charge >= 0.3 is 0 Å². The molecule has 1 fully saturated rings. The first kappa shape index (κ1) is 11.6. The van der Waals surface area contributed by atoms with Gasteiger partial charge in [0.15, 0.2) is 0 Å². The molecule has 1 heterocycles. The number of imidazole rings is 1. The van der Waals surface area contributed by atoms with Crippen LogP contribution in [0.4, 0.5) is 0 Å². The molecule has 16 heavy (non-hydrogen) atoms. The fraction of sp³-hybridized carbons (Fsp3) is 0.769. The Morgan fingerprint density at radius 1 is 1.44 bits per heavy atom. The Morgan fingerprint density at radius 3 is 3.06 bits per heavy atom. The number of aromatic nitrogens is 2. The zero-order valence-electron chi connectivity index (χ0n) is 10.4. The monoisotopic (exact) mass is 221 g/mol. The molecule has 1 unspecified atom stereocenters. The molecule has 0 aliphatic heterocycles. The van der Waals surface area contributed by atoms with E-state index < -0.39 is 0 Å². The highest BCUT2D eigenvalue weighted by molar-refractivity contribution is 4.94. The Hall–Kier alpha value is -0.830. The molecule has 0 bridgehead atoms. The maximum atomic E-state index is 4.03. The molecule has 0 aromatic carbocycles. The van der Waals surface area contributed by atoms with Crippen molar-refractivity contribution in [3.05, 3.63) is 18.2 Å². The van der Waals surface area contributed by atoms with E-state index in [4.69, 9.17) is 0 Å². The molecule has 1 atom stereocenters. The Bertz CT molecular complexity index is 303. The summed E-state index contributed by atoms with van der Waals surface area (Å²) in [4.78, 5) is 7.17. The SMILES string of the molecule is CC1(C)CCCC(NCc2cnc[nH]2)CC1. The smallest absolute Gasteiger partial charge is 0.0922 e. The van der Waals surface area contributed by atoms with E-state index in [2.05, 4.69) is 29.1 Å². The lowest BCUT2D eigenvalue weighted by Crippen LogP contribution is -2.28. The molecule has 1 aromatic rings. The predicted octanol–water partition coefficient (Wildman–Crippen LogP) is 2.86. The third-order valence-corrected chi connectivity index (χ3v) is 3.71. The van der Waals surface area contributed by atoms with Gasteiger partial charge in [0.2, 0.25) is 0 Å². The van der Waals surface area contributed by atoms with Crippen molar-refractivity contribution < 1.29 is 0 Å². The normalized spacial score (nSPS) is 25.2. The van der Waals surface area contributed by atoms with Crippen LogP contribution in [0.3, 0.4) is 0 Å². The second kappa shape index (κ2) is 5.00. The van der Waals surface area contributed by atoms with Gasteiger partial charge in [-0.05, 0) is 31.1 Å². The molecule has 0 spiro atoms. The standard InChI is InChI=1S/C13H23N3/c1-13(2)6-3-4-11(5-7-13)15-9-12-8-14-10-16-12/h8,10-11,15H,3-7,9H2,1-2H3,(H,14,16). The minimum absolute atomic E-state index is 0.546. The molecule has 1 saturated carbocycles. The van der Waals surface area contributed by atoms with E-state index in [-0.39, 0.29) is 0 Å².